The van der Waals surface area contributed by atoms with Crippen LogP contribution in [0.1, 0.15) is 36.6 Å². The minimum absolute atomic E-state index is 0.178. The molecule has 1 aromatic rings. The summed E-state index contributed by atoms with van der Waals surface area (Å²) in [5.74, 6) is 0.422. The standard InChI is InChI=1S/C14H23NO2S/c1-5-18(16,17)9-8-15-13(4)14-7-6-11(2)10-12(14)3/h6-7,10,13,15H,5,8-9H2,1-4H3. The summed E-state index contributed by atoms with van der Waals surface area (Å²) in [5, 5.41) is 3.27. The van der Waals surface area contributed by atoms with Gasteiger partial charge in [0.25, 0.3) is 0 Å². The van der Waals surface area contributed by atoms with E-state index in [1.165, 1.54) is 16.7 Å². The Morgan fingerprint density at radius 1 is 1.28 bits per heavy atom. The fraction of sp³-hybridized carbons (Fsp3) is 0.571. The summed E-state index contributed by atoms with van der Waals surface area (Å²) in [7, 11) is -2.88. The molecule has 102 valence electrons. The van der Waals surface area contributed by atoms with Gasteiger partial charge in [0, 0.05) is 18.3 Å². The number of rotatable bonds is 6. The van der Waals surface area contributed by atoms with Crippen LogP contribution in [0.3, 0.4) is 0 Å². The van der Waals surface area contributed by atoms with Crippen LogP contribution in [0.15, 0.2) is 18.2 Å². The molecule has 0 radical (unpaired) electrons. The Labute approximate surface area is 111 Å². The first kappa shape index (κ1) is 15.2. The van der Waals surface area contributed by atoms with Gasteiger partial charge in [-0.2, -0.15) is 0 Å². The monoisotopic (exact) mass is 269 g/mol. The van der Waals surface area contributed by atoms with E-state index >= 15 is 0 Å². The largest absolute Gasteiger partial charge is 0.309 e. The van der Waals surface area contributed by atoms with Crippen molar-refractivity contribution >= 4 is 9.84 Å². The average molecular weight is 269 g/mol. The van der Waals surface area contributed by atoms with Gasteiger partial charge in [-0.15, -0.1) is 0 Å². The summed E-state index contributed by atoms with van der Waals surface area (Å²) in [5.41, 5.74) is 3.72. The number of aryl methyl sites for hydroxylation is 2. The predicted molar refractivity (Wildman–Crippen MR) is 76.7 cm³/mol. The molecular formula is C14H23NO2S. The lowest BCUT2D eigenvalue weighted by Gasteiger charge is -2.17. The van der Waals surface area contributed by atoms with Crippen molar-refractivity contribution in [2.75, 3.05) is 18.1 Å². The second kappa shape index (κ2) is 6.34. The summed E-state index contributed by atoms with van der Waals surface area (Å²) in [6, 6.07) is 6.52. The Morgan fingerprint density at radius 3 is 2.50 bits per heavy atom. The maximum atomic E-state index is 11.4. The van der Waals surface area contributed by atoms with Gasteiger partial charge >= 0.3 is 0 Å². The van der Waals surface area contributed by atoms with Crippen molar-refractivity contribution < 1.29 is 8.42 Å². The second-order valence-electron chi connectivity index (χ2n) is 4.77. The zero-order valence-electron chi connectivity index (χ0n) is 11.7. The van der Waals surface area contributed by atoms with Gasteiger partial charge in [-0.05, 0) is 31.9 Å². The molecule has 0 bridgehead atoms. The predicted octanol–water partition coefficient (Wildman–Crippen LogP) is 2.39. The Balaban J connectivity index is 2.58. The van der Waals surface area contributed by atoms with E-state index in [9.17, 15) is 8.42 Å². The van der Waals surface area contributed by atoms with Gasteiger partial charge in [0.05, 0.1) is 5.75 Å². The zero-order valence-corrected chi connectivity index (χ0v) is 12.5. The van der Waals surface area contributed by atoms with Gasteiger partial charge in [0.2, 0.25) is 0 Å². The van der Waals surface area contributed by atoms with Gasteiger partial charge in [0.1, 0.15) is 0 Å². The molecule has 4 heteroatoms. The number of nitrogens with one attached hydrogen (secondary N) is 1. The molecule has 0 heterocycles. The number of benzene rings is 1. The van der Waals surface area contributed by atoms with Crippen molar-refractivity contribution in [1.82, 2.24) is 5.32 Å². The molecule has 0 spiro atoms. The SMILES string of the molecule is CCS(=O)(=O)CCNC(C)c1ccc(C)cc1C. The summed E-state index contributed by atoms with van der Waals surface area (Å²) in [6.07, 6.45) is 0. The van der Waals surface area contributed by atoms with Crippen LogP contribution in [0.25, 0.3) is 0 Å². The third-order valence-electron chi connectivity index (χ3n) is 3.20. The normalized spacial score (nSPS) is 13.6. The maximum absolute atomic E-state index is 11.4. The molecule has 0 aliphatic rings. The lowest BCUT2D eigenvalue weighted by Crippen LogP contribution is -2.26. The van der Waals surface area contributed by atoms with E-state index in [0.717, 1.165) is 0 Å². The molecule has 0 saturated carbocycles. The van der Waals surface area contributed by atoms with Crippen molar-refractivity contribution in [3.05, 3.63) is 34.9 Å². The van der Waals surface area contributed by atoms with Crippen LogP contribution in [-0.4, -0.2) is 26.5 Å². The Morgan fingerprint density at radius 2 is 1.94 bits per heavy atom. The highest BCUT2D eigenvalue weighted by Gasteiger charge is 2.10. The molecule has 1 aromatic carbocycles. The lowest BCUT2D eigenvalue weighted by atomic mass is 10.0. The third kappa shape index (κ3) is 4.42. The van der Waals surface area contributed by atoms with Crippen LogP contribution in [0.5, 0.6) is 0 Å². The molecule has 0 amide bonds. The molecule has 1 atom stereocenters. The number of sulfone groups is 1. The van der Waals surface area contributed by atoms with Crippen molar-refractivity contribution in [2.45, 2.75) is 33.7 Å². The van der Waals surface area contributed by atoms with Gasteiger partial charge in [-0.1, -0.05) is 30.7 Å². The highest BCUT2D eigenvalue weighted by Crippen LogP contribution is 2.18. The first-order valence-corrected chi connectivity index (χ1v) is 8.19. The van der Waals surface area contributed by atoms with E-state index in [1.54, 1.807) is 6.92 Å². The molecule has 3 nitrogen and oxygen atoms in total. The maximum Gasteiger partial charge on any atom is 0.151 e. The van der Waals surface area contributed by atoms with Gasteiger partial charge in [-0.25, -0.2) is 8.42 Å². The van der Waals surface area contributed by atoms with E-state index in [2.05, 4.69) is 44.3 Å². The van der Waals surface area contributed by atoms with Gasteiger partial charge < -0.3 is 5.32 Å². The quantitative estimate of drug-likeness (QED) is 0.862. The number of hydrogen-bond acceptors (Lipinski definition) is 3. The zero-order chi connectivity index (χ0) is 13.8. The van der Waals surface area contributed by atoms with Crippen molar-refractivity contribution in [3.63, 3.8) is 0 Å². The van der Waals surface area contributed by atoms with Crippen LogP contribution in [0.2, 0.25) is 0 Å². The van der Waals surface area contributed by atoms with Crippen molar-refractivity contribution in [2.24, 2.45) is 0 Å². The van der Waals surface area contributed by atoms with Crippen molar-refractivity contribution in [3.8, 4) is 0 Å². The first-order chi connectivity index (χ1) is 8.35. The van der Waals surface area contributed by atoms with Gasteiger partial charge in [-0.3, -0.25) is 0 Å². The first-order valence-electron chi connectivity index (χ1n) is 6.36. The Bertz CT molecular complexity index is 495. The van der Waals surface area contributed by atoms with Gasteiger partial charge in [0.15, 0.2) is 9.84 Å². The van der Waals surface area contributed by atoms with E-state index in [4.69, 9.17) is 0 Å². The molecule has 0 saturated heterocycles. The summed E-state index contributed by atoms with van der Waals surface area (Å²) in [6.45, 7) is 8.41. The molecular weight excluding hydrogens is 246 g/mol. The molecule has 0 fully saturated rings. The molecule has 0 aliphatic heterocycles. The molecule has 1 N–H and O–H groups in total. The van der Waals surface area contributed by atoms with Crippen LogP contribution in [-0.2, 0) is 9.84 Å². The Hall–Kier alpha value is -0.870. The summed E-state index contributed by atoms with van der Waals surface area (Å²) in [4.78, 5) is 0. The molecule has 18 heavy (non-hydrogen) atoms. The van der Waals surface area contributed by atoms with E-state index in [1.807, 2.05) is 0 Å². The fourth-order valence-electron chi connectivity index (χ4n) is 2.00. The highest BCUT2D eigenvalue weighted by atomic mass is 32.2. The van der Waals surface area contributed by atoms with Crippen LogP contribution >= 0.6 is 0 Å². The molecule has 0 aromatic heterocycles. The van der Waals surface area contributed by atoms with E-state index in [-0.39, 0.29) is 17.5 Å². The summed E-state index contributed by atoms with van der Waals surface area (Å²) >= 11 is 0. The number of hydrogen-bond donors (Lipinski definition) is 1. The minimum Gasteiger partial charge on any atom is -0.309 e. The topological polar surface area (TPSA) is 46.2 Å². The lowest BCUT2D eigenvalue weighted by molar-refractivity contribution is 0.572. The van der Waals surface area contributed by atoms with Crippen LogP contribution < -0.4 is 5.32 Å². The third-order valence-corrected chi connectivity index (χ3v) is 4.90. The Kier molecular flexibility index (Phi) is 5.35. The van der Waals surface area contributed by atoms with Crippen LogP contribution in [0, 0.1) is 13.8 Å². The van der Waals surface area contributed by atoms with E-state index in [0.29, 0.717) is 6.54 Å². The smallest absolute Gasteiger partial charge is 0.151 e. The highest BCUT2D eigenvalue weighted by molar-refractivity contribution is 7.91. The van der Waals surface area contributed by atoms with Crippen molar-refractivity contribution in [1.29, 1.82) is 0 Å². The summed E-state index contributed by atoms with van der Waals surface area (Å²) < 4.78 is 22.8. The molecule has 0 aliphatic carbocycles. The minimum atomic E-state index is -2.88. The van der Waals surface area contributed by atoms with E-state index < -0.39 is 9.84 Å². The molecule has 1 unspecified atom stereocenters. The fourth-order valence-corrected chi connectivity index (χ4v) is 2.71. The average Bonchev–Trinajstić information content (AvgIpc) is 2.28. The molecule has 1 rings (SSSR count). The second-order valence-corrected chi connectivity index (χ2v) is 7.24. The van der Waals surface area contributed by atoms with Crippen LogP contribution in [0.4, 0.5) is 0 Å².